The van der Waals surface area contributed by atoms with Crippen molar-refractivity contribution in [1.82, 2.24) is 9.78 Å². The predicted molar refractivity (Wildman–Crippen MR) is 66.9 cm³/mol. The molecule has 0 unspecified atom stereocenters. The van der Waals surface area contributed by atoms with Crippen LogP contribution < -0.4 is 5.73 Å². The lowest BCUT2D eigenvalue weighted by Gasteiger charge is -2.08. The number of nitrogen functional groups attached to an aromatic ring is 1. The van der Waals surface area contributed by atoms with Gasteiger partial charge in [0.05, 0.1) is 23.5 Å². The summed E-state index contributed by atoms with van der Waals surface area (Å²) in [6.07, 6.45) is 1.63. The molecule has 84 valence electrons. The molecule has 0 aliphatic rings. The first-order chi connectivity index (χ1) is 7.58. The number of benzene rings is 1. The lowest BCUT2D eigenvalue weighted by atomic mass is 10.2. The maximum atomic E-state index is 5.92. The molecule has 0 bridgehead atoms. The van der Waals surface area contributed by atoms with Crippen LogP contribution in [0, 0.1) is 6.92 Å². The largest absolute Gasteiger partial charge is 0.398 e. The summed E-state index contributed by atoms with van der Waals surface area (Å²) in [7, 11) is 0. The Morgan fingerprint density at radius 2 is 2.12 bits per heavy atom. The molecule has 0 saturated carbocycles. The fraction of sp³-hybridized carbons (Fsp3) is 0.182. The number of hydrogen-bond donors (Lipinski definition) is 1. The van der Waals surface area contributed by atoms with Crippen molar-refractivity contribution >= 4 is 28.9 Å². The SMILES string of the molecule is Cc1c(Cl)cnn1Cc1ccc(Cl)cc1N. The van der Waals surface area contributed by atoms with E-state index in [0.717, 1.165) is 11.3 Å². The van der Waals surface area contributed by atoms with Gasteiger partial charge in [-0.3, -0.25) is 4.68 Å². The van der Waals surface area contributed by atoms with Gasteiger partial charge in [0.25, 0.3) is 0 Å². The van der Waals surface area contributed by atoms with Gasteiger partial charge in [0.15, 0.2) is 0 Å². The predicted octanol–water partition coefficient (Wildman–Crippen LogP) is 3.13. The van der Waals surface area contributed by atoms with Crippen LogP contribution in [0.25, 0.3) is 0 Å². The number of hydrogen-bond acceptors (Lipinski definition) is 2. The van der Waals surface area contributed by atoms with Crippen molar-refractivity contribution in [3.63, 3.8) is 0 Å². The maximum absolute atomic E-state index is 5.92. The normalized spacial score (nSPS) is 10.7. The fourth-order valence-corrected chi connectivity index (χ4v) is 1.78. The van der Waals surface area contributed by atoms with Gasteiger partial charge >= 0.3 is 0 Å². The molecule has 0 atom stereocenters. The van der Waals surface area contributed by atoms with Crippen molar-refractivity contribution in [2.24, 2.45) is 0 Å². The Hall–Kier alpha value is -1.19. The first-order valence-corrected chi connectivity index (χ1v) is 5.55. The Morgan fingerprint density at radius 1 is 1.38 bits per heavy atom. The maximum Gasteiger partial charge on any atom is 0.0815 e. The van der Waals surface area contributed by atoms with Gasteiger partial charge in [-0.15, -0.1) is 0 Å². The summed E-state index contributed by atoms with van der Waals surface area (Å²) in [6, 6.07) is 5.44. The van der Waals surface area contributed by atoms with Crippen LogP contribution in [0.1, 0.15) is 11.3 Å². The zero-order valence-corrected chi connectivity index (χ0v) is 10.3. The van der Waals surface area contributed by atoms with Gasteiger partial charge in [0, 0.05) is 10.7 Å². The molecule has 1 aromatic heterocycles. The van der Waals surface area contributed by atoms with Gasteiger partial charge in [-0.05, 0) is 24.6 Å². The first-order valence-electron chi connectivity index (χ1n) is 4.79. The van der Waals surface area contributed by atoms with Gasteiger partial charge in [-0.25, -0.2) is 0 Å². The number of halogens is 2. The number of rotatable bonds is 2. The van der Waals surface area contributed by atoms with E-state index < -0.39 is 0 Å². The Bertz CT molecular complexity index is 520. The summed E-state index contributed by atoms with van der Waals surface area (Å²) in [5, 5.41) is 5.47. The molecule has 0 aliphatic heterocycles. The topological polar surface area (TPSA) is 43.8 Å². The number of anilines is 1. The third-order valence-electron chi connectivity index (χ3n) is 2.47. The van der Waals surface area contributed by atoms with Gasteiger partial charge < -0.3 is 5.73 Å². The molecule has 1 heterocycles. The van der Waals surface area contributed by atoms with E-state index in [9.17, 15) is 0 Å². The Balaban J connectivity index is 2.30. The third-order valence-corrected chi connectivity index (χ3v) is 3.08. The summed E-state index contributed by atoms with van der Waals surface area (Å²) < 4.78 is 1.81. The summed E-state index contributed by atoms with van der Waals surface area (Å²) in [6.45, 7) is 2.52. The molecular formula is C11H11Cl2N3. The first kappa shape index (κ1) is 11.3. The molecule has 3 nitrogen and oxygen atoms in total. The summed E-state index contributed by atoms with van der Waals surface area (Å²) >= 11 is 11.8. The van der Waals surface area contributed by atoms with Crippen molar-refractivity contribution in [2.75, 3.05) is 5.73 Å². The highest BCUT2D eigenvalue weighted by atomic mass is 35.5. The van der Waals surface area contributed by atoms with Crippen molar-refractivity contribution in [1.29, 1.82) is 0 Å². The Labute approximate surface area is 104 Å². The van der Waals surface area contributed by atoms with E-state index in [1.54, 1.807) is 12.3 Å². The lowest BCUT2D eigenvalue weighted by Crippen LogP contribution is -2.06. The van der Waals surface area contributed by atoms with Crippen molar-refractivity contribution in [2.45, 2.75) is 13.5 Å². The Kier molecular flexibility index (Phi) is 3.08. The molecule has 2 rings (SSSR count). The van der Waals surface area contributed by atoms with Crippen LogP contribution in [-0.4, -0.2) is 9.78 Å². The second kappa shape index (κ2) is 4.36. The van der Waals surface area contributed by atoms with Crippen LogP contribution in [0.4, 0.5) is 5.69 Å². The van der Waals surface area contributed by atoms with E-state index >= 15 is 0 Å². The molecule has 0 aliphatic carbocycles. The average molecular weight is 256 g/mol. The van der Waals surface area contributed by atoms with Gasteiger partial charge in [-0.2, -0.15) is 5.10 Å². The quantitative estimate of drug-likeness (QED) is 0.839. The molecule has 0 saturated heterocycles. The highest BCUT2D eigenvalue weighted by molar-refractivity contribution is 6.31. The minimum atomic E-state index is 0.599. The zero-order valence-electron chi connectivity index (χ0n) is 8.74. The van der Waals surface area contributed by atoms with E-state index in [-0.39, 0.29) is 0 Å². The highest BCUT2D eigenvalue weighted by Gasteiger charge is 2.06. The Morgan fingerprint density at radius 3 is 2.69 bits per heavy atom. The summed E-state index contributed by atoms with van der Waals surface area (Å²) in [4.78, 5) is 0. The lowest BCUT2D eigenvalue weighted by molar-refractivity contribution is 0.666. The van der Waals surface area contributed by atoms with Crippen LogP contribution >= 0.6 is 23.2 Å². The fourth-order valence-electron chi connectivity index (χ4n) is 1.45. The van der Waals surface area contributed by atoms with Crippen LogP contribution in [0.3, 0.4) is 0 Å². The van der Waals surface area contributed by atoms with E-state index in [2.05, 4.69) is 5.10 Å². The van der Waals surface area contributed by atoms with Crippen molar-refractivity contribution < 1.29 is 0 Å². The highest BCUT2D eigenvalue weighted by Crippen LogP contribution is 2.20. The molecule has 0 radical (unpaired) electrons. The smallest absolute Gasteiger partial charge is 0.0815 e. The number of nitrogens with zero attached hydrogens (tertiary/aromatic N) is 2. The molecule has 16 heavy (non-hydrogen) atoms. The van der Waals surface area contributed by atoms with E-state index in [1.165, 1.54) is 0 Å². The van der Waals surface area contributed by atoms with Gasteiger partial charge in [0.1, 0.15) is 0 Å². The molecule has 2 aromatic rings. The monoisotopic (exact) mass is 255 g/mol. The summed E-state index contributed by atoms with van der Waals surface area (Å²) in [5.41, 5.74) is 8.44. The van der Waals surface area contributed by atoms with Crippen LogP contribution in [0.5, 0.6) is 0 Å². The molecule has 2 N–H and O–H groups in total. The minimum Gasteiger partial charge on any atom is -0.398 e. The molecule has 0 fully saturated rings. The van der Waals surface area contributed by atoms with Crippen molar-refractivity contribution in [3.8, 4) is 0 Å². The minimum absolute atomic E-state index is 0.599. The van der Waals surface area contributed by atoms with Crippen LogP contribution in [0.2, 0.25) is 10.0 Å². The molecule has 1 aromatic carbocycles. The second-order valence-corrected chi connectivity index (χ2v) is 4.42. The zero-order chi connectivity index (χ0) is 11.7. The summed E-state index contributed by atoms with van der Waals surface area (Å²) in [5.74, 6) is 0. The van der Waals surface area contributed by atoms with Crippen LogP contribution in [0.15, 0.2) is 24.4 Å². The number of aromatic nitrogens is 2. The molecule has 0 amide bonds. The van der Waals surface area contributed by atoms with E-state index in [1.807, 2.05) is 23.7 Å². The molecule has 5 heteroatoms. The van der Waals surface area contributed by atoms with E-state index in [0.29, 0.717) is 22.3 Å². The molecule has 0 spiro atoms. The van der Waals surface area contributed by atoms with E-state index in [4.69, 9.17) is 28.9 Å². The third kappa shape index (κ3) is 2.15. The standard InChI is InChI=1S/C11H11Cl2N3/c1-7-10(13)5-15-16(7)6-8-2-3-9(12)4-11(8)14/h2-5H,6,14H2,1H3. The van der Waals surface area contributed by atoms with Crippen molar-refractivity contribution in [3.05, 3.63) is 45.7 Å². The molecular weight excluding hydrogens is 245 g/mol. The number of nitrogens with two attached hydrogens (primary N) is 1. The van der Waals surface area contributed by atoms with Gasteiger partial charge in [0.2, 0.25) is 0 Å². The van der Waals surface area contributed by atoms with Gasteiger partial charge in [-0.1, -0.05) is 29.3 Å². The average Bonchev–Trinajstić information content (AvgIpc) is 2.54. The second-order valence-electron chi connectivity index (χ2n) is 3.58. The van der Waals surface area contributed by atoms with Crippen LogP contribution in [-0.2, 0) is 6.54 Å².